The summed E-state index contributed by atoms with van der Waals surface area (Å²) < 4.78 is 0. The Balaban J connectivity index is 2.85. The molecule has 0 saturated heterocycles. The third kappa shape index (κ3) is 4.12. The summed E-state index contributed by atoms with van der Waals surface area (Å²) in [6.45, 7) is 0. The van der Waals surface area contributed by atoms with Gasteiger partial charge in [0.05, 0.1) is 0 Å². The highest BCUT2D eigenvalue weighted by atomic mass is 35.5. The summed E-state index contributed by atoms with van der Waals surface area (Å²) in [5, 5.41) is 1.62. The van der Waals surface area contributed by atoms with Crippen LogP contribution in [-0.2, 0) is 0 Å². The van der Waals surface area contributed by atoms with Crippen LogP contribution in [0.1, 0.15) is 6.42 Å². The quantitative estimate of drug-likeness (QED) is 0.503. The molecule has 0 bridgehead atoms. The lowest BCUT2D eigenvalue weighted by molar-refractivity contribution is 1.59. The number of allylic oxidation sites excluding steroid dienone is 1. The first-order valence-electron chi connectivity index (χ1n) is 1.60. The van der Waals surface area contributed by atoms with Gasteiger partial charge in [0.1, 0.15) is 0 Å². The van der Waals surface area contributed by atoms with Crippen LogP contribution in [0, 0.1) is 0 Å². The van der Waals surface area contributed by atoms with Crippen LogP contribution in [0.25, 0.3) is 0 Å². The molecule has 0 radical (unpaired) electrons. The molecule has 0 aliphatic heterocycles. The van der Waals surface area contributed by atoms with E-state index in [0.29, 0.717) is 0 Å². The maximum atomic E-state index is 5.13. The van der Waals surface area contributed by atoms with Gasteiger partial charge in [-0.2, -0.15) is 0 Å². The van der Waals surface area contributed by atoms with Crippen LogP contribution in [0.4, 0.5) is 0 Å². The number of hydrogen-bond acceptors (Lipinski definition) is 1. The van der Waals surface area contributed by atoms with Crippen molar-refractivity contribution in [2.24, 2.45) is 0 Å². The van der Waals surface area contributed by atoms with Gasteiger partial charge in [-0.3, -0.25) is 0 Å². The highest BCUT2D eigenvalue weighted by Gasteiger charge is 1.60. The normalized spacial score (nSPS) is 9.50. The lowest BCUT2D eigenvalue weighted by atomic mass is 10.5. The first-order chi connectivity index (χ1) is 2.91. The summed E-state index contributed by atoms with van der Waals surface area (Å²) >= 11 is 9.62. The Morgan fingerprint density at radius 1 is 1.67 bits per heavy atom. The van der Waals surface area contributed by atoms with Crippen LogP contribution in [0.5, 0.6) is 0 Å². The highest BCUT2D eigenvalue weighted by molar-refractivity contribution is 7.78. The van der Waals surface area contributed by atoms with Gasteiger partial charge in [0.15, 0.2) is 0 Å². The SMILES string of the molecule is S=CCC=CCl. The molecule has 0 aromatic heterocycles. The van der Waals surface area contributed by atoms with Gasteiger partial charge in [-0.15, -0.1) is 0 Å². The standard InChI is InChI=1S/C4H5ClS/c5-3-1-2-4-6/h1,3-4H,2H2. The van der Waals surface area contributed by atoms with E-state index in [1.807, 2.05) is 0 Å². The zero-order valence-corrected chi connectivity index (χ0v) is 4.80. The minimum absolute atomic E-state index is 0.791. The molecule has 34 valence electrons. The van der Waals surface area contributed by atoms with Crippen molar-refractivity contribution in [1.29, 1.82) is 0 Å². The predicted octanol–water partition coefficient (Wildman–Crippen LogP) is 2.13. The van der Waals surface area contributed by atoms with Gasteiger partial charge in [0, 0.05) is 5.54 Å². The summed E-state index contributed by atoms with van der Waals surface area (Å²) in [6, 6.07) is 0. The van der Waals surface area contributed by atoms with Gasteiger partial charge in [0.2, 0.25) is 0 Å². The lowest BCUT2D eigenvalue weighted by Crippen LogP contribution is -1.56. The Morgan fingerprint density at radius 2 is 2.33 bits per heavy atom. The first-order valence-corrected chi connectivity index (χ1v) is 2.51. The minimum atomic E-state index is 0.791. The van der Waals surface area contributed by atoms with Crippen LogP contribution < -0.4 is 0 Å². The van der Waals surface area contributed by atoms with E-state index in [-0.39, 0.29) is 0 Å². The molecule has 2 heteroatoms. The van der Waals surface area contributed by atoms with E-state index < -0.39 is 0 Å². The topological polar surface area (TPSA) is 0 Å². The van der Waals surface area contributed by atoms with Crippen molar-refractivity contribution >= 4 is 29.2 Å². The van der Waals surface area contributed by atoms with Gasteiger partial charge in [-0.25, -0.2) is 0 Å². The van der Waals surface area contributed by atoms with Crippen LogP contribution in [0.2, 0.25) is 0 Å². The van der Waals surface area contributed by atoms with Gasteiger partial charge in [-0.05, 0) is 11.8 Å². The second-order valence-electron chi connectivity index (χ2n) is 0.764. The summed E-state index contributed by atoms with van der Waals surface area (Å²) in [7, 11) is 0. The lowest BCUT2D eigenvalue weighted by Gasteiger charge is -1.66. The molecular formula is C4H5ClS. The molecule has 6 heavy (non-hydrogen) atoms. The minimum Gasteiger partial charge on any atom is -0.0933 e. The van der Waals surface area contributed by atoms with Crippen molar-refractivity contribution in [1.82, 2.24) is 0 Å². The smallest absolute Gasteiger partial charge is 0.000587 e. The second-order valence-corrected chi connectivity index (χ2v) is 1.35. The molecular weight excluding hydrogens is 116 g/mol. The van der Waals surface area contributed by atoms with Crippen molar-refractivity contribution in [2.75, 3.05) is 0 Å². The average Bonchev–Trinajstić information content (AvgIpc) is 1.61. The van der Waals surface area contributed by atoms with Crippen molar-refractivity contribution in [2.45, 2.75) is 6.42 Å². The summed E-state index contributed by atoms with van der Waals surface area (Å²) in [5.74, 6) is 0. The summed E-state index contributed by atoms with van der Waals surface area (Å²) in [5.41, 5.74) is 1.46. The first kappa shape index (κ1) is 6.12. The van der Waals surface area contributed by atoms with E-state index in [9.17, 15) is 0 Å². The van der Waals surface area contributed by atoms with Crippen LogP contribution in [0.15, 0.2) is 11.6 Å². The molecule has 0 unspecified atom stereocenters. The van der Waals surface area contributed by atoms with Crippen molar-refractivity contribution in [3.05, 3.63) is 11.6 Å². The van der Waals surface area contributed by atoms with Gasteiger partial charge >= 0.3 is 0 Å². The summed E-state index contributed by atoms with van der Waals surface area (Å²) in [4.78, 5) is 0. The van der Waals surface area contributed by atoms with E-state index in [1.54, 1.807) is 11.4 Å². The number of thiocarbonyl (C=S) groups is 1. The summed E-state index contributed by atoms with van der Waals surface area (Å²) in [6.07, 6.45) is 2.58. The largest absolute Gasteiger partial charge is 0.0933 e. The third-order valence-corrected chi connectivity index (χ3v) is 0.692. The Hall–Kier alpha value is 0.120. The van der Waals surface area contributed by atoms with E-state index in [1.165, 1.54) is 5.54 Å². The highest BCUT2D eigenvalue weighted by Crippen LogP contribution is 1.80. The average molecular weight is 121 g/mol. The van der Waals surface area contributed by atoms with Crippen molar-refractivity contribution in [3.63, 3.8) is 0 Å². The Bertz CT molecular complexity index is 58.6. The van der Waals surface area contributed by atoms with E-state index in [2.05, 4.69) is 12.2 Å². The fourth-order valence-electron chi connectivity index (χ4n) is 0.107. The molecule has 0 nitrogen and oxygen atoms in total. The van der Waals surface area contributed by atoms with Crippen LogP contribution in [-0.4, -0.2) is 5.37 Å². The van der Waals surface area contributed by atoms with E-state index >= 15 is 0 Å². The van der Waals surface area contributed by atoms with Gasteiger partial charge in [-0.1, -0.05) is 29.9 Å². The molecule has 0 spiro atoms. The fraction of sp³-hybridized carbons (Fsp3) is 0.250. The number of halogens is 1. The molecule has 0 saturated carbocycles. The van der Waals surface area contributed by atoms with Crippen LogP contribution in [0.3, 0.4) is 0 Å². The molecule has 0 fully saturated rings. The molecule has 0 atom stereocenters. The Kier molecular flexibility index (Phi) is 5.22. The second kappa shape index (κ2) is 5.12. The zero-order valence-electron chi connectivity index (χ0n) is 3.23. The van der Waals surface area contributed by atoms with Gasteiger partial charge in [0.25, 0.3) is 0 Å². The molecule has 0 heterocycles. The van der Waals surface area contributed by atoms with Crippen LogP contribution >= 0.6 is 23.8 Å². The molecule has 0 aliphatic rings. The third-order valence-electron chi connectivity index (χ3n) is 0.321. The maximum absolute atomic E-state index is 5.13. The molecule has 0 amide bonds. The van der Waals surface area contributed by atoms with Crippen molar-refractivity contribution < 1.29 is 0 Å². The van der Waals surface area contributed by atoms with E-state index in [0.717, 1.165) is 6.42 Å². The maximum Gasteiger partial charge on any atom is 0.000587 e. The number of hydrogen-bond donors (Lipinski definition) is 0. The molecule has 0 aromatic carbocycles. The molecule has 0 N–H and O–H groups in total. The Labute approximate surface area is 47.8 Å². The fourth-order valence-corrected chi connectivity index (χ4v) is 0.321. The van der Waals surface area contributed by atoms with E-state index in [4.69, 9.17) is 11.6 Å². The number of rotatable bonds is 2. The zero-order chi connectivity index (χ0) is 4.83. The van der Waals surface area contributed by atoms with Crippen molar-refractivity contribution in [3.8, 4) is 0 Å². The van der Waals surface area contributed by atoms with Gasteiger partial charge < -0.3 is 0 Å². The molecule has 0 rings (SSSR count). The monoisotopic (exact) mass is 120 g/mol. The molecule has 0 aliphatic carbocycles. The Morgan fingerprint density at radius 3 is 2.50 bits per heavy atom. The predicted molar refractivity (Wildman–Crippen MR) is 33.3 cm³/mol. The molecule has 0 aromatic rings.